The van der Waals surface area contributed by atoms with Gasteiger partial charge in [0.15, 0.2) is 0 Å². The van der Waals surface area contributed by atoms with Crippen molar-refractivity contribution in [1.29, 1.82) is 0 Å². The second kappa shape index (κ2) is 5.90. The van der Waals surface area contributed by atoms with E-state index in [9.17, 15) is 0 Å². The van der Waals surface area contributed by atoms with E-state index in [4.69, 9.17) is 5.73 Å². The Morgan fingerprint density at radius 2 is 1.52 bits per heavy atom. The van der Waals surface area contributed by atoms with Crippen LogP contribution in [0.4, 0.5) is 5.69 Å². The van der Waals surface area contributed by atoms with Gasteiger partial charge in [-0.05, 0) is 61.1 Å². The molecule has 1 aliphatic carbocycles. The lowest BCUT2D eigenvalue weighted by atomic mass is 10.1. The third-order valence-electron chi connectivity index (χ3n) is 4.39. The van der Waals surface area contributed by atoms with E-state index < -0.39 is 0 Å². The van der Waals surface area contributed by atoms with Gasteiger partial charge in [0.1, 0.15) is 0 Å². The molecule has 1 fully saturated rings. The van der Waals surface area contributed by atoms with Crippen molar-refractivity contribution in [1.82, 2.24) is 4.90 Å². The van der Waals surface area contributed by atoms with E-state index in [1.165, 1.54) is 35.1 Å². The molecule has 110 valence electrons. The molecule has 0 unspecified atom stereocenters. The summed E-state index contributed by atoms with van der Waals surface area (Å²) in [5.74, 6) is 0. The quantitative estimate of drug-likeness (QED) is 0.837. The smallest absolute Gasteiger partial charge is 0.0314 e. The van der Waals surface area contributed by atoms with Crippen LogP contribution in [0.25, 0.3) is 0 Å². The molecule has 1 aliphatic rings. The average Bonchev–Trinajstić information content (AvgIpc) is 3.29. The fraction of sp³-hybridized carbons (Fsp3) is 0.368. The van der Waals surface area contributed by atoms with Crippen molar-refractivity contribution in [2.75, 3.05) is 5.73 Å². The van der Waals surface area contributed by atoms with Gasteiger partial charge < -0.3 is 5.73 Å². The molecule has 2 N–H and O–H groups in total. The van der Waals surface area contributed by atoms with Crippen molar-refractivity contribution in [3.8, 4) is 0 Å². The van der Waals surface area contributed by atoms with E-state index in [1.54, 1.807) is 0 Å². The van der Waals surface area contributed by atoms with E-state index >= 15 is 0 Å². The van der Waals surface area contributed by atoms with Gasteiger partial charge in [-0.3, -0.25) is 4.90 Å². The van der Waals surface area contributed by atoms with E-state index in [2.05, 4.69) is 49.1 Å². The minimum atomic E-state index is 0.754. The Morgan fingerprint density at radius 1 is 0.905 bits per heavy atom. The molecule has 3 rings (SSSR count). The van der Waals surface area contributed by atoms with Crippen molar-refractivity contribution in [2.45, 2.75) is 45.8 Å². The number of hydrogen-bond donors (Lipinski definition) is 1. The Balaban J connectivity index is 1.72. The van der Waals surface area contributed by atoms with Crippen LogP contribution in [0.3, 0.4) is 0 Å². The van der Waals surface area contributed by atoms with E-state index in [-0.39, 0.29) is 0 Å². The highest BCUT2D eigenvalue weighted by Crippen LogP contribution is 2.30. The van der Waals surface area contributed by atoms with E-state index in [0.717, 1.165) is 24.8 Å². The van der Waals surface area contributed by atoms with Crippen molar-refractivity contribution in [2.24, 2.45) is 0 Å². The summed E-state index contributed by atoms with van der Waals surface area (Å²) < 4.78 is 0. The van der Waals surface area contributed by atoms with Gasteiger partial charge in [0.25, 0.3) is 0 Å². The van der Waals surface area contributed by atoms with Crippen LogP contribution in [0.2, 0.25) is 0 Å². The first-order valence-corrected chi connectivity index (χ1v) is 7.76. The number of aryl methyl sites for hydroxylation is 2. The summed E-state index contributed by atoms with van der Waals surface area (Å²) in [6, 6.07) is 15.9. The molecule has 2 aromatic rings. The van der Waals surface area contributed by atoms with Crippen LogP contribution in [0, 0.1) is 13.8 Å². The van der Waals surface area contributed by atoms with Gasteiger partial charge in [-0.1, -0.05) is 30.3 Å². The molecule has 0 aromatic heterocycles. The maximum Gasteiger partial charge on any atom is 0.0314 e. The molecule has 0 atom stereocenters. The first-order valence-electron chi connectivity index (χ1n) is 7.76. The average molecular weight is 280 g/mol. The fourth-order valence-electron chi connectivity index (χ4n) is 2.75. The van der Waals surface area contributed by atoms with Gasteiger partial charge in [-0.15, -0.1) is 0 Å². The molecule has 0 spiro atoms. The lowest BCUT2D eigenvalue weighted by Crippen LogP contribution is -2.25. The molecule has 0 heterocycles. The Bertz CT molecular complexity index is 612. The zero-order chi connectivity index (χ0) is 14.8. The van der Waals surface area contributed by atoms with Crippen LogP contribution in [-0.2, 0) is 13.1 Å². The molecular weight excluding hydrogens is 256 g/mol. The lowest BCUT2D eigenvalue weighted by Gasteiger charge is -2.22. The zero-order valence-electron chi connectivity index (χ0n) is 13.0. The second-order valence-electron chi connectivity index (χ2n) is 6.30. The number of benzene rings is 2. The third kappa shape index (κ3) is 3.64. The fourth-order valence-corrected chi connectivity index (χ4v) is 2.75. The monoisotopic (exact) mass is 280 g/mol. The molecule has 0 saturated heterocycles. The molecule has 0 amide bonds. The minimum absolute atomic E-state index is 0.754. The summed E-state index contributed by atoms with van der Waals surface area (Å²) in [6.45, 7) is 6.42. The number of nitrogens with zero attached hydrogens (tertiary/aromatic N) is 1. The Hall–Kier alpha value is -1.80. The Morgan fingerprint density at radius 3 is 2.14 bits per heavy atom. The standard InChI is InChI=1S/C19H24N2/c1-14-3-4-17(11-15(14)2)13-21(19-9-10-19)12-16-5-7-18(20)8-6-16/h3-8,11,19H,9-10,12-13,20H2,1-2H3. The first kappa shape index (κ1) is 14.2. The molecule has 1 saturated carbocycles. The Kier molecular flexibility index (Phi) is 3.98. The highest BCUT2D eigenvalue weighted by atomic mass is 15.2. The van der Waals surface area contributed by atoms with Crippen molar-refractivity contribution in [3.05, 3.63) is 64.7 Å². The number of rotatable bonds is 5. The van der Waals surface area contributed by atoms with Crippen molar-refractivity contribution in [3.63, 3.8) is 0 Å². The van der Waals surface area contributed by atoms with Gasteiger partial charge in [-0.25, -0.2) is 0 Å². The van der Waals surface area contributed by atoms with Gasteiger partial charge in [0.05, 0.1) is 0 Å². The number of anilines is 1. The summed E-state index contributed by atoms with van der Waals surface area (Å²) in [5.41, 5.74) is 12.1. The van der Waals surface area contributed by atoms with Crippen LogP contribution in [0.1, 0.15) is 35.1 Å². The predicted molar refractivity (Wildman–Crippen MR) is 89.0 cm³/mol. The summed E-state index contributed by atoms with van der Waals surface area (Å²) >= 11 is 0. The maximum atomic E-state index is 5.77. The molecule has 0 bridgehead atoms. The second-order valence-corrected chi connectivity index (χ2v) is 6.30. The van der Waals surface area contributed by atoms with Crippen LogP contribution in [0.5, 0.6) is 0 Å². The van der Waals surface area contributed by atoms with Gasteiger partial charge in [-0.2, -0.15) is 0 Å². The number of nitrogens with two attached hydrogens (primary N) is 1. The van der Waals surface area contributed by atoms with Crippen LogP contribution < -0.4 is 5.73 Å². The highest BCUT2D eigenvalue weighted by molar-refractivity contribution is 5.39. The van der Waals surface area contributed by atoms with E-state index in [0.29, 0.717) is 0 Å². The Labute approximate surface area is 127 Å². The highest BCUT2D eigenvalue weighted by Gasteiger charge is 2.28. The molecule has 21 heavy (non-hydrogen) atoms. The minimum Gasteiger partial charge on any atom is -0.399 e. The molecule has 0 radical (unpaired) electrons. The van der Waals surface area contributed by atoms with Crippen molar-refractivity contribution < 1.29 is 0 Å². The third-order valence-corrected chi connectivity index (χ3v) is 4.39. The maximum absolute atomic E-state index is 5.77. The van der Waals surface area contributed by atoms with Gasteiger partial charge in [0, 0.05) is 24.8 Å². The van der Waals surface area contributed by atoms with Crippen LogP contribution in [-0.4, -0.2) is 10.9 Å². The molecule has 0 aliphatic heterocycles. The topological polar surface area (TPSA) is 29.3 Å². The molecular formula is C19H24N2. The molecule has 2 nitrogen and oxygen atoms in total. The SMILES string of the molecule is Cc1ccc(CN(Cc2ccc(N)cc2)C2CC2)cc1C. The normalized spacial score (nSPS) is 14.6. The van der Waals surface area contributed by atoms with Gasteiger partial charge >= 0.3 is 0 Å². The van der Waals surface area contributed by atoms with Crippen LogP contribution in [0.15, 0.2) is 42.5 Å². The predicted octanol–water partition coefficient (Wildman–Crippen LogP) is 4.05. The zero-order valence-corrected chi connectivity index (χ0v) is 13.0. The van der Waals surface area contributed by atoms with Crippen molar-refractivity contribution >= 4 is 5.69 Å². The first-order chi connectivity index (χ1) is 10.1. The summed E-state index contributed by atoms with van der Waals surface area (Å²) in [7, 11) is 0. The van der Waals surface area contributed by atoms with Crippen LogP contribution >= 0.6 is 0 Å². The molecule has 2 aromatic carbocycles. The largest absolute Gasteiger partial charge is 0.399 e. The summed E-state index contributed by atoms with van der Waals surface area (Å²) in [5, 5.41) is 0. The summed E-state index contributed by atoms with van der Waals surface area (Å²) in [6.07, 6.45) is 2.67. The molecule has 2 heteroatoms. The lowest BCUT2D eigenvalue weighted by molar-refractivity contribution is 0.246. The van der Waals surface area contributed by atoms with Gasteiger partial charge in [0.2, 0.25) is 0 Å². The number of hydrogen-bond acceptors (Lipinski definition) is 2. The summed E-state index contributed by atoms with van der Waals surface area (Å²) in [4.78, 5) is 2.59. The van der Waals surface area contributed by atoms with E-state index in [1.807, 2.05) is 12.1 Å². The number of nitrogen functional groups attached to an aromatic ring is 1.